The molecule has 0 atom stereocenters. The maximum Gasteiger partial charge on any atom is 0.335 e. The van der Waals surface area contributed by atoms with Crippen LogP contribution in [0.2, 0.25) is 0 Å². The molecule has 15 heavy (non-hydrogen) atoms. The fourth-order valence-corrected chi connectivity index (χ4v) is 1.20. The monoisotopic (exact) mass is 204 g/mol. The average molecular weight is 204 g/mol. The molecule has 0 radical (unpaired) electrons. The molecule has 0 aromatic heterocycles. The van der Waals surface area contributed by atoms with Gasteiger partial charge in [0.2, 0.25) is 0 Å². The highest BCUT2D eigenvalue weighted by atomic mass is 16.4. The second kappa shape index (κ2) is 5.18. The van der Waals surface area contributed by atoms with Crippen LogP contribution in [0.5, 0.6) is 0 Å². The number of aliphatic hydroxyl groups is 1. The van der Waals surface area contributed by atoms with Crippen molar-refractivity contribution < 1.29 is 15.0 Å². The lowest BCUT2D eigenvalue weighted by molar-refractivity contribution is 0.0696. The quantitative estimate of drug-likeness (QED) is 0.716. The molecule has 0 heterocycles. The number of rotatable bonds is 2. The van der Waals surface area contributed by atoms with E-state index in [9.17, 15) is 4.79 Å². The van der Waals surface area contributed by atoms with Crippen molar-refractivity contribution in [2.45, 2.75) is 13.3 Å². The van der Waals surface area contributed by atoms with E-state index in [1.807, 2.05) is 0 Å². The number of benzene rings is 1. The Balaban J connectivity index is 2.93. The van der Waals surface area contributed by atoms with Crippen molar-refractivity contribution in [1.82, 2.24) is 0 Å². The highest BCUT2D eigenvalue weighted by Gasteiger charge is 2.05. The second-order valence-corrected chi connectivity index (χ2v) is 3.11. The third kappa shape index (κ3) is 3.12. The summed E-state index contributed by atoms with van der Waals surface area (Å²) in [4.78, 5) is 10.7. The molecule has 0 amide bonds. The Morgan fingerprint density at radius 1 is 1.47 bits per heavy atom. The van der Waals surface area contributed by atoms with E-state index in [1.165, 1.54) is 0 Å². The van der Waals surface area contributed by atoms with Gasteiger partial charge in [0, 0.05) is 12.0 Å². The van der Waals surface area contributed by atoms with E-state index in [2.05, 4.69) is 11.8 Å². The molecule has 0 saturated heterocycles. The summed E-state index contributed by atoms with van der Waals surface area (Å²) in [5.41, 5.74) is 1.76. The van der Waals surface area contributed by atoms with Gasteiger partial charge in [-0.25, -0.2) is 4.79 Å². The fraction of sp³-hybridized carbons (Fsp3) is 0.250. The van der Waals surface area contributed by atoms with Crippen LogP contribution in [0.3, 0.4) is 0 Å². The molecule has 0 spiro atoms. The summed E-state index contributed by atoms with van der Waals surface area (Å²) >= 11 is 0. The molecule has 0 fully saturated rings. The molecule has 0 unspecified atom stereocenters. The first-order valence-electron chi connectivity index (χ1n) is 4.59. The van der Waals surface area contributed by atoms with Crippen molar-refractivity contribution in [3.8, 4) is 11.8 Å². The van der Waals surface area contributed by atoms with E-state index in [4.69, 9.17) is 10.2 Å². The summed E-state index contributed by atoms with van der Waals surface area (Å²) in [5, 5.41) is 17.3. The van der Waals surface area contributed by atoms with Crippen LogP contribution >= 0.6 is 0 Å². The third-order valence-electron chi connectivity index (χ3n) is 1.93. The number of hydrogen-bond donors (Lipinski definition) is 2. The van der Waals surface area contributed by atoms with E-state index < -0.39 is 5.97 Å². The number of carbonyl (C=O) groups is 1. The Kier molecular flexibility index (Phi) is 3.90. The largest absolute Gasteiger partial charge is 0.478 e. The van der Waals surface area contributed by atoms with Crippen LogP contribution in [-0.2, 0) is 0 Å². The van der Waals surface area contributed by atoms with E-state index >= 15 is 0 Å². The van der Waals surface area contributed by atoms with E-state index in [0.717, 1.165) is 5.56 Å². The Bertz CT molecular complexity index is 424. The lowest BCUT2D eigenvalue weighted by Gasteiger charge is -2.00. The first-order valence-corrected chi connectivity index (χ1v) is 4.59. The Labute approximate surface area is 88.4 Å². The second-order valence-electron chi connectivity index (χ2n) is 3.11. The van der Waals surface area contributed by atoms with Crippen molar-refractivity contribution in [3.63, 3.8) is 0 Å². The molecule has 1 aromatic carbocycles. The average Bonchev–Trinajstić information content (AvgIpc) is 2.17. The van der Waals surface area contributed by atoms with Crippen LogP contribution in [0, 0.1) is 18.8 Å². The number of aryl methyl sites for hydroxylation is 1. The zero-order chi connectivity index (χ0) is 11.3. The summed E-state index contributed by atoms with van der Waals surface area (Å²) in [6.07, 6.45) is 0.430. The predicted octanol–water partition coefficient (Wildman–Crippen LogP) is 1.43. The van der Waals surface area contributed by atoms with Crippen molar-refractivity contribution in [3.05, 3.63) is 34.9 Å². The van der Waals surface area contributed by atoms with Crippen LogP contribution in [0.4, 0.5) is 0 Å². The molecule has 0 saturated carbocycles. The minimum Gasteiger partial charge on any atom is -0.478 e. The molecule has 78 valence electrons. The van der Waals surface area contributed by atoms with Gasteiger partial charge >= 0.3 is 5.97 Å². The topological polar surface area (TPSA) is 57.5 Å². The normalized spacial score (nSPS) is 9.20. The van der Waals surface area contributed by atoms with Crippen LogP contribution < -0.4 is 0 Å². The molecule has 2 N–H and O–H groups in total. The Morgan fingerprint density at radius 3 is 2.73 bits per heavy atom. The predicted molar refractivity (Wildman–Crippen MR) is 56.7 cm³/mol. The molecular weight excluding hydrogens is 192 g/mol. The van der Waals surface area contributed by atoms with Crippen molar-refractivity contribution in [1.29, 1.82) is 0 Å². The van der Waals surface area contributed by atoms with Gasteiger partial charge in [-0.15, -0.1) is 0 Å². The minimum absolute atomic E-state index is 0.0409. The van der Waals surface area contributed by atoms with Gasteiger partial charge in [-0.2, -0.15) is 0 Å². The molecular formula is C12H12O3. The maximum absolute atomic E-state index is 10.7. The summed E-state index contributed by atoms with van der Waals surface area (Å²) < 4.78 is 0. The van der Waals surface area contributed by atoms with Crippen LogP contribution in [-0.4, -0.2) is 22.8 Å². The highest BCUT2D eigenvalue weighted by Crippen LogP contribution is 2.10. The first kappa shape index (κ1) is 11.3. The van der Waals surface area contributed by atoms with Gasteiger partial charge in [-0.1, -0.05) is 11.8 Å². The molecule has 0 bridgehead atoms. The zero-order valence-corrected chi connectivity index (χ0v) is 8.45. The van der Waals surface area contributed by atoms with Crippen LogP contribution in [0.25, 0.3) is 0 Å². The van der Waals surface area contributed by atoms with Gasteiger partial charge in [0.15, 0.2) is 0 Å². The van der Waals surface area contributed by atoms with Gasteiger partial charge in [0.1, 0.15) is 0 Å². The minimum atomic E-state index is -0.928. The van der Waals surface area contributed by atoms with Gasteiger partial charge < -0.3 is 10.2 Å². The molecule has 0 aliphatic carbocycles. The fourth-order valence-electron chi connectivity index (χ4n) is 1.20. The SMILES string of the molecule is Cc1cc(C#CCCO)ccc1C(=O)O. The van der Waals surface area contributed by atoms with Crippen LogP contribution in [0.15, 0.2) is 18.2 Å². The summed E-state index contributed by atoms with van der Waals surface area (Å²) in [5.74, 6) is 4.70. The number of aromatic carboxylic acids is 1. The van der Waals surface area contributed by atoms with Gasteiger partial charge in [-0.05, 0) is 30.7 Å². The molecule has 1 aromatic rings. The van der Waals surface area contributed by atoms with E-state index in [0.29, 0.717) is 17.5 Å². The summed E-state index contributed by atoms with van der Waals surface area (Å²) in [6.45, 7) is 1.78. The van der Waals surface area contributed by atoms with Crippen molar-refractivity contribution in [2.75, 3.05) is 6.61 Å². The lowest BCUT2D eigenvalue weighted by Crippen LogP contribution is -1.99. The maximum atomic E-state index is 10.7. The number of hydrogen-bond acceptors (Lipinski definition) is 2. The van der Waals surface area contributed by atoms with E-state index in [1.54, 1.807) is 25.1 Å². The lowest BCUT2D eigenvalue weighted by atomic mass is 10.1. The number of carboxylic acid groups (broad SMARTS) is 1. The number of aliphatic hydroxyl groups excluding tert-OH is 1. The van der Waals surface area contributed by atoms with E-state index in [-0.39, 0.29) is 6.61 Å². The van der Waals surface area contributed by atoms with Gasteiger partial charge in [-0.3, -0.25) is 0 Å². The highest BCUT2D eigenvalue weighted by molar-refractivity contribution is 5.89. The zero-order valence-electron chi connectivity index (χ0n) is 8.45. The Hall–Kier alpha value is -1.79. The standard InChI is InChI=1S/C12H12O3/c1-9-8-10(4-2-3-7-13)5-6-11(9)12(14)15/h5-6,8,13H,3,7H2,1H3,(H,14,15). The third-order valence-corrected chi connectivity index (χ3v) is 1.93. The summed E-state index contributed by atoms with van der Waals surface area (Å²) in [7, 11) is 0. The van der Waals surface area contributed by atoms with Crippen molar-refractivity contribution >= 4 is 5.97 Å². The first-order chi connectivity index (χ1) is 7.15. The van der Waals surface area contributed by atoms with Crippen LogP contribution in [0.1, 0.15) is 27.9 Å². The van der Waals surface area contributed by atoms with Gasteiger partial charge in [0.25, 0.3) is 0 Å². The molecule has 3 heteroatoms. The summed E-state index contributed by atoms with van der Waals surface area (Å²) in [6, 6.07) is 4.94. The number of carboxylic acids is 1. The molecule has 0 aliphatic rings. The van der Waals surface area contributed by atoms with Crippen molar-refractivity contribution in [2.24, 2.45) is 0 Å². The molecule has 3 nitrogen and oxygen atoms in total. The molecule has 1 rings (SSSR count). The van der Waals surface area contributed by atoms with Gasteiger partial charge in [0.05, 0.1) is 12.2 Å². The smallest absolute Gasteiger partial charge is 0.335 e. The Morgan fingerprint density at radius 2 is 2.20 bits per heavy atom. The molecule has 0 aliphatic heterocycles.